The molecule has 1 aromatic rings. The van der Waals surface area contributed by atoms with E-state index in [4.69, 9.17) is 18.7 Å². The molecule has 3 unspecified atom stereocenters. The average Bonchev–Trinajstić information content (AvgIpc) is 2.85. The quantitative estimate of drug-likeness (QED) is 0.862. The van der Waals surface area contributed by atoms with Crippen LogP contribution in [0.15, 0.2) is 30.2 Å². The average molecular weight is 328 g/mol. The van der Waals surface area contributed by atoms with Crippen molar-refractivity contribution in [2.45, 2.75) is 43.3 Å². The van der Waals surface area contributed by atoms with Crippen LogP contribution in [0.3, 0.4) is 0 Å². The number of rotatable bonds is 3. The van der Waals surface area contributed by atoms with Crippen LogP contribution in [0.25, 0.3) is 0 Å². The molecule has 0 saturated carbocycles. The second kappa shape index (κ2) is 6.60. The van der Waals surface area contributed by atoms with Crippen LogP contribution in [0, 0.1) is 0 Å². The molecule has 1 aromatic carbocycles. The molecule has 0 radical (unpaired) electrons. The number of benzene rings is 1. The molecule has 0 bridgehead atoms. The minimum absolute atomic E-state index is 0.00516. The summed E-state index contributed by atoms with van der Waals surface area (Å²) >= 11 is 1.76. The number of carbonyl (C=O) groups excluding carboxylic acids is 2. The third-order valence-corrected chi connectivity index (χ3v) is 5.05. The van der Waals surface area contributed by atoms with Gasteiger partial charge in [-0.05, 0) is 32.9 Å². The molecule has 0 aliphatic carbocycles. The molecule has 5 nitrogen and oxygen atoms in total. The number of para-hydroxylation sites is 1. The van der Waals surface area contributed by atoms with Crippen molar-refractivity contribution in [1.82, 2.24) is 4.90 Å². The molecule has 2 aliphatic rings. The first kappa shape index (κ1) is 10.2. The molecule has 6 heteroatoms. The molecule has 22 heavy (non-hydrogen) atoms. The Labute approximate surface area is 143 Å². The first-order valence-electron chi connectivity index (χ1n) is 9.79. The van der Waals surface area contributed by atoms with E-state index < -0.39 is 49.1 Å². The Morgan fingerprint density at radius 3 is 2.73 bits per heavy atom. The number of primary amides is 1. The predicted molar refractivity (Wildman–Crippen MR) is 87.5 cm³/mol. The minimum Gasteiger partial charge on any atom is -0.484 e. The zero-order valence-corrected chi connectivity index (χ0v) is 13.4. The summed E-state index contributed by atoms with van der Waals surface area (Å²) in [5.41, 5.74) is 4.83. The molecule has 0 spiro atoms. The monoisotopic (exact) mass is 328 g/mol. The van der Waals surface area contributed by atoms with Gasteiger partial charge in [-0.1, -0.05) is 18.1 Å². The molecule has 2 fully saturated rings. The van der Waals surface area contributed by atoms with Crippen molar-refractivity contribution in [3.05, 3.63) is 30.2 Å². The standard InChI is InChI=1S/C8H9NO2.C8H13NOS/c9-8(10)6-11-7-4-2-1-3-5-7;1-5-8(2,3)11-7-4-6(10)9(5)7/h1-5H,6H2,(H2,9,10);5,7H,4H2,1-3H3/i1D,2D,3D,4D,5D;4D. The van der Waals surface area contributed by atoms with Gasteiger partial charge in [0.25, 0.3) is 5.91 Å². The Morgan fingerprint density at radius 1 is 1.55 bits per heavy atom. The highest BCUT2D eigenvalue weighted by molar-refractivity contribution is 8.01. The van der Waals surface area contributed by atoms with E-state index in [9.17, 15) is 9.59 Å². The molecule has 2 amide bonds. The van der Waals surface area contributed by atoms with Gasteiger partial charge < -0.3 is 15.4 Å². The summed E-state index contributed by atoms with van der Waals surface area (Å²) in [4.78, 5) is 23.6. The van der Waals surface area contributed by atoms with Crippen LogP contribution in [-0.2, 0) is 9.59 Å². The fourth-order valence-corrected chi connectivity index (χ4v) is 3.55. The highest BCUT2D eigenvalue weighted by Gasteiger charge is 2.53. The molecule has 3 atom stereocenters. The molecule has 2 heterocycles. The van der Waals surface area contributed by atoms with Crippen molar-refractivity contribution in [3.8, 4) is 5.75 Å². The van der Waals surface area contributed by atoms with Gasteiger partial charge in [-0.3, -0.25) is 9.59 Å². The predicted octanol–water partition coefficient (Wildman–Crippen LogP) is 2.01. The minimum atomic E-state index is -0.785. The molecular formula is C16H22N2O3S. The van der Waals surface area contributed by atoms with E-state index in [0.29, 0.717) is 0 Å². The first-order valence-corrected chi connectivity index (χ1v) is 7.59. The van der Waals surface area contributed by atoms with Gasteiger partial charge in [-0.15, -0.1) is 11.8 Å². The highest BCUT2D eigenvalue weighted by atomic mass is 32.2. The number of carbonyl (C=O) groups is 2. The van der Waals surface area contributed by atoms with Crippen LogP contribution >= 0.6 is 11.8 Å². The van der Waals surface area contributed by atoms with Crippen molar-refractivity contribution in [2.24, 2.45) is 5.73 Å². The van der Waals surface area contributed by atoms with Gasteiger partial charge in [-0.25, -0.2) is 0 Å². The third-order valence-electron chi connectivity index (χ3n) is 3.50. The molecule has 0 aromatic heterocycles. The molecule has 2 N–H and O–H groups in total. The number of nitrogens with zero attached hydrogens (tertiary/aromatic N) is 1. The second-order valence-electron chi connectivity index (χ2n) is 5.41. The van der Waals surface area contributed by atoms with Gasteiger partial charge >= 0.3 is 0 Å². The maximum absolute atomic E-state index is 11.3. The van der Waals surface area contributed by atoms with Crippen LogP contribution in [-0.4, -0.2) is 39.5 Å². The van der Waals surface area contributed by atoms with E-state index in [-0.39, 0.29) is 27.8 Å². The zero-order valence-electron chi connectivity index (χ0n) is 18.6. The normalized spacial score (nSPS) is 31.9. The Hall–Kier alpha value is -1.69. The summed E-state index contributed by atoms with van der Waals surface area (Å²) < 4.78 is 49.2. The van der Waals surface area contributed by atoms with Gasteiger partial charge in [0.2, 0.25) is 5.91 Å². The molecular weight excluding hydrogens is 300 g/mol. The van der Waals surface area contributed by atoms with Crippen molar-refractivity contribution in [3.63, 3.8) is 0 Å². The molecule has 2 saturated heterocycles. The Kier molecular flexibility index (Phi) is 3.05. The van der Waals surface area contributed by atoms with E-state index in [1.807, 2.05) is 4.90 Å². The number of β-lactam (4-membered cyclic amide) rings is 1. The number of nitrogens with two attached hydrogens (primary N) is 1. The van der Waals surface area contributed by atoms with Crippen molar-refractivity contribution in [1.29, 1.82) is 0 Å². The topological polar surface area (TPSA) is 72.6 Å². The lowest BCUT2D eigenvalue weighted by atomic mass is 10.0. The Balaban J connectivity index is 0.000000207. The van der Waals surface area contributed by atoms with Crippen molar-refractivity contribution < 1.29 is 22.6 Å². The summed E-state index contributed by atoms with van der Waals surface area (Å²) in [5.74, 6) is -1.15. The zero-order chi connectivity index (χ0) is 21.5. The summed E-state index contributed by atoms with van der Waals surface area (Å²) in [6.45, 7) is 5.81. The van der Waals surface area contributed by atoms with Crippen LogP contribution in [0.1, 0.15) is 35.4 Å². The second-order valence-corrected chi connectivity index (χ2v) is 7.18. The van der Waals surface area contributed by atoms with E-state index in [2.05, 4.69) is 20.8 Å². The van der Waals surface area contributed by atoms with Crippen molar-refractivity contribution in [2.75, 3.05) is 6.61 Å². The summed E-state index contributed by atoms with van der Waals surface area (Å²) in [7, 11) is 0. The van der Waals surface area contributed by atoms with Gasteiger partial charge in [-0.2, -0.15) is 0 Å². The largest absolute Gasteiger partial charge is 0.484 e. The number of hydrogen-bond acceptors (Lipinski definition) is 4. The summed E-state index contributed by atoms with van der Waals surface area (Å²) in [6.07, 6.45) is -0.501. The van der Waals surface area contributed by atoms with Crippen LogP contribution in [0.4, 0.5) is 0 Å². The van der Waals surface area contributed by atoms with Crippen LogP contribution in [0.2, 0.25) is 0 Å². The van der Waals surface area contributed by atoms with Gasteiger partial charge in [0.05, 0.1) is 18.6 Å². The lowest BCUT2D eigenvalue weighted by molar-refractivity contribution is -0.143. The van der Waals surface area contributed by atoms with Gasteiger partial charge in [0.1, 0.15) is 5.75 Å². The van der Waals surface area contributed by atoms with E-state index in [1.54, 1.807) is 11.8 Å². The van der Waals surface area contributed by atoms with E-state index in [0.717, 1.165) is 0 Å². The lowest BCUT2D eigenvalue weighted by Gasteiger charge is -2.37. The van der Waals surface area contributed by atoms with Crippen molar-refractivity contribution >= 4 is 23.6 Å². The highest BCUT2D eigenvalue weighted by Crippen LogP contribution is 2.50. The fraction of sp³-hybridized carbons (Fsp3) is 0.500. The number of ether oxygens (including phenoxy) is 1. The maximum atomic E-state index is 11.3. The number of amides is 2. The summed E-state index contributed by atoms with van der Waals surface area (Å²) in [5, 5.41) is 0.127. The lowest BCUT2D eigenvalue weighted by Crippen LogP contribution is -2.52. The Morgan fingerprint density at radius 2 is 2.18 bits per heavy atom. The molecule has 2 aliphatic heterocycles. The van der Waals surface area contributed by atoms with Crippen LogP contribution in [0.5, 0.6) is 5.75 Å². The number of thioether (sulfide) groups is 1. The fourth-order valence-electron chi connectivity index (χ4n) is 2.03. The molecule has 3 rings (SSSR count). The van der Waals surface area contributed by atoms with E-state index in [1.165, 1.54) is 0 Å². The number of fused-ring (bicyclic) bond motifs is 1. The summed E-state index contributed by atoms with van der Waals surface area (Å²) in [6, 6.07) is -2.25. The van der Waals surface area contributed by atoms with E-state index >= 15 is 0 Å². The molecule has 120 valence electrons. The number of hydrogen-bond donors (Lipinski definition) is 1. The smallest absolute Gasteiger partial charge is 0.255 e. The SMILES string of the molecule is [2H]C1C(=O)N2C1SC(C)(C)C2C.[2H]c1c([2H])c([2H])c(OCC(N)=O)c([2H])c1[2H]. The van der Waals surface area contributed by atoms with Gasteiger partial charge in [0, 0.05) is 12.2 Å². The third kappa shape index (κ3) is 3.74. The Bertz CT molecular complexity index is 793. The maximum Gasteiger partial charge on any atom is 0.255 e. The van der Waals surface area contributed by atoms with Gasteiger partial charge in [0.15, 0.2) is 6.61 Å². The first-order chi connectivity index (χ1) is 12.8. The van der Waals surface area contributed by atoms with Crippen LogP contribution < -0.4 is 10.5 Å².